The second-order valence-electron chi connectivity index (χ2n) is 4.74. The van der Waals surface area contributed by atoms with Crippen molar-refractivity contribution in [3.8, 4) is 0 Å². The fourth-order valence-electron chi connectivity index (χ4n) is 1.99. The lowest BCUT2D eigenvalue weighted by Crippen LogP contribution is -2.30. The molecule has 7 heteroatoms. The van der Waals surface area contributed by atoms with E-state index in [1.54, 1.807) is 0 Å². The van der Waals surface area contributed by atoms with Crippen LogP contribution < -0.4 is 10.5 Å². The van der Waals surface area contributed by atoms with Crippen LogP contribution in [0.5, 0.6) is 0 Å². The minimum atomic E-state index is -3.79. The third-order valence-corrected chi connectivity index (χ3v) is 4.40. The lowest BCUT2D eigenvalue weighted by Gasteiger charge is -2.16. The van der Waals surface area contributed by atoms with Crippen LogP contribution in [0.4, 0.5) is 10.1 Å². The number of nitrogens with two attached hydrogens (primary N) is 1. The van der Waals surface area contributed by atoms with Crippen molar-refractivity contribution < 1.29 is 17.9 Å². The molecule has 0 aliphatic rings. The van der Waals surface area contributed by atoms with Crippen LogP contribution in [-0.2, 0) is 10.0 Å². The summed E-state index contributed by atoms with van der Waals surface area (Å²) < 4.78 is 39.7. The van der Waals surface area contributed by atoms with Gasteiger partial charge in [0.2, 0.25) is 10.0 Å². The lowest BCUT2D eigenvalue weighted by atomic mass is 10.0. The molecule has 0 fully saturated rings. The number of hydrogen-bond acceptors (Lipinski definition) is 4. The van der Waals surface area contributed by atoms with Crippen molar-refractivity contribution in [2.45, 2.75) is 31.1 Å². The van der Waals surface area contributed by atoms with Crippen LogP contribution in [0.3, 0.4) is 0 Å². The molecule has 114 valence electrons. The second kappa shape index (κ2) is 7.56. The van der Waals surface area contributed by atoms with Gasteiger partial charge in [0.25, 0.3) is 0 Å². The van der Waals surface area contributed by atoms with Gasteiger partial charge in [-0.2, -0.15) is 0 Å². The summed E-state index contributed by atoms with van der Waals surface area (Å²) in [6, 6.07) is 3.20. The molecule has 1 unspecified atom stereocenters. The monoisotopic (exact) mass is 304 g/mol. The lowest BCUT2D eigenvalue weighted by molar-refractivity contribution is 0.251. The zero-order valence-electron chi connectivity index (χ0n) is 11.5. The van der Waals surface area contributed by atoms with Gasteiger partial charge in [-0.1, -0.05) is 13.3 Å². The average molecular weight is 304 g/mol. The summed E-state index contributed by atoms with van der Waals surface area (Å²) in [4.78, 5) is -0.186. The minimum absolute atomic E-state index is 0.0132. The molecule has 0 radical (unpaired) electrons. The smallest absolute Gasteiger partial charge is 0.240 e. The molecule has 0 saturated heterocycles. The van der Waals surface area contributed by atoms with E-state index in [1.165, 1.54) is 6.07 Å². The van der Waals surface area contributed by atoms with Gasteiger partial charge >= 0.3 is 0 Å². The third-order valence-electron chi connectivity index (χ3n) is 3.00. The highest BCUT2D eigenvalue weighted by atomic mass is 32.2. The van der Waals surface area contributed by atoms with Crippen molar-refractivity contribution in [1.82, 2.24) is 4.72 Å². The Hall–Kier alpha value is -1.18. The molecular formula is C13H21FN2O3S. The molecule has 20 heavy (non-hydrogen) atoms. The van der Waals surface area contributed by atoms with E-state index in [0.717, 1.165) is 25.0 Å². The number of nitrogen functional groups attached to an aromatic ring is 1. The van der Waals surface area contributed by atoms with Crippen molar-refractivity contribution >= 4 is 15.7 Å². The molecular weight excluding hydrogens is 283 g/mol. The first-order valence-corrected chi connectivity index (χ1v) is 8.04. The van der Waals surface area contributed by atoms with Crippen molar-refractivity contribution in [1.29, 1.82) is 0 Å². The van der Waals surface area contributed by atoms with Crippen LogP contribution in [-0.4, -0.2) is 26.7 Å². The third kappa shape index (κ3) is 5.07. The van der Waals surface area contributed by atoms with Gasteiger partial charge in [-0.3, -0.25) is 0 Å². The van der Waals surface area contributed by atoms with Gasteiger partial charge in [0.15, 0.2) is 0 Å². The van der Waals surface area contributed by atoms with E-state index in [2.05, 4.69) is 4.72 Å². The Morgan fingerprint density at radius 3 is 2.60 bits per heavy atom. The van der Waals surface area contributed by atoms with Crippen molar-refractivity contribution in [3.05, 3.63) is 24.0 Å². The topological polar surface area (TPSA) is 92.4 Å². The fourth-order valence-corrected chi connectivity index (χ4v) is 3.17. The summed E-state index contributed by atoms with van der Waals surface area (Å²) in [5, 5.41) is 8.94. The molecule has 0 aromatic heterocycles. The number of sulfonamides is 1. The van der Waals surface area contributed by atoms with E-state index in [0.29, 0.717) is 6.42 Å². The highest BCUT2D eigenvalue weighted by molar-refractivity contribution is 7.89. The Labute approximate surface area is 119 Å². The van der Waals surface area contributed by atoms with E-state index < -0.39 is 15.8 Å². The van der Waals surface area contributed by atoms with Gasteiger partial charge in [0.05, 0.1) is 4.90 Å². The highest BCUT2D eigenvalue weighted by Crippen LogP contribution is 2.17. The van der Waals surface area contributed by atoms with E-state index >= 15 is 0 Å². The maximum atomic E-state index is 13.2. The number of anilines is 1. The number of hydrogen-bond donors (Lipinski definition) is 3. The normalized spacial score (nSPS) is 13.3. The zero-order valence-corrected chi connectivity index (χ0v) is 12.3. The quantitative estimate of drug-likeness (QED) is 0.634. The van der Waals surface area contributed by atoms with Gasteiger partial charge in [-0.25, -0.2) is 17.5 Å². The Kier molecular flexibility index (Phi) is 6.38. The molecule has 0 bridgehead atoms. The number of rotatable bonds is 8. The van der Waals surface area contributed by atoms with Crippen molar-refractivity contribution in [2.75, 3.05) is 18.9 Å². The van der Waals surface area contributed by atoms with Crippen LogP contribution in [0, 0.1) is 11.7 Å². The molecule has 1 rings (SSSR count). The van der Waals surface area contributed by atoms with E-state index in [9.17, 15) is 12.8 Å². The molecule has 0 spiro atoms. The van der Waals surface area contributed by atoms with Crippen LogP contribution in [0.15, 0.2) is 23.1 Å². The summed E-state index contributed by atoms with van der Waals surface area (Å²) in [6.07, 6.45) is 2.25. The standard InChI is InChI=1S/C13H21FN2O3S/c1-2-3-10(4-5-17)9-16-20(18,19)13-7-11(14)6-12(15)8-13/h6-8,10,16-17H,2-5,9,15H2,1H3. The van der Waals surface area contributed by atoms with Gasteiger partial charge < -0.3 is 10.8 Å². The van der Waals surface area contributed by atoms with E-state index in [-0.39, 0.29) is 29.7 Å². The number of nitrogens with one attached hydrogen (secondary N) is 1. The van der Waals surface area contributed by atoms with Gasteiger partial charge in [-0.05, 0) is 37.0 Å². The number of benzene rings is 1. The van der Waals surface area contributed by atoms with Gasteiger partial charge in [-0.15, -0.1) is 0 Å². The fraction of sp³-hybridized carbons (Fsp3) is 0.538. The highest BCUT2D eigenvalue weighted by Gasteiger charge is 2.18. The summed E-state index contributed by atoms with van der Waals surface area (Å²) in [7, 11) is -3.79. The Morgan fingerprint density at radius 2 is 2.05 bits per heavy atom. The first-order valence-electron chi connectivity index (χ1n) is 6.55. The number of aliphatic hydroxyl groups excluding tert-OH is 1. The summed E-state index contributed by atoms with van der Waals surface area (Å²) >= 11 is 0. The Morgan fingerprint density at radius 1 is 1.35 bits per heavy atom. The molecule has 4 N–H and O–H groups in total. The molecule has 0 amide bonds. The largest absolute Gasteiger partial charge is 0.399 e. The molecule has 0 aliphatic carbocycles. The Balaban J connectivity index is 2.78. The molecule has 1 aromatic rings. The van der Waals surface area contributed by atoms with Crippen LogP contribution in [0.25, 0.3) is 0 Å². The molecule has 5 nitrogen and oxygen atoms in total. The molecule has 1 aromatic carbocycles. The maximum Gasteiger partial charge on any atom is 0.240 e. The van der Waals surface area contributed by atoms with Crippen molar-refractivity contribution in [3.63, 3.8) is 0 Å². The van der Waals surface area contributed by atoms with E-state index in [1.807, 2.05) is 6.92 Å². The zero-order chi connectivity index (χ0) is 15.2. The predicted molar refractivity (Wildman–Crippen MR) is 76.1 cm³/mol. The summed E-state index contributed by atoms with van der Waals surface area (Å²) in [6.45, 7) is 2.22. The molecule has 0 heterocycles. The van der Waals surface area contributed by atoms with Crippen molar-refractivity contribution in [2.24, 2.45) is 5.92 Å². The Bertz CT molecular complexity index is 508. The first kappa shape index (κ1) is 16.9. The summed E-state index contributed by atoms with van der Waals surface area (Å²) in [5.74, 6) is -0.628. The van der Waals surface area contributed by atoms with Crippen LogP contribution >= 0.6 is 0 Å². The average Bonchev–Trinajstić information content (AvgIpc) is 2.35. The summed E-state index contributed by atoms with van der Waals surface area (Å²) in [5.41, 5.74) is 5.50. The van der Waals surface area contributed by atoms with Crippen LogP contribution in [0.1, 0.15) is 26.2 Å². The number of aliphatic hydroxyl groups is 1. The molecule has 0 saturated carbocycles. The predicted octanol–water partition coefficient (Wildman–Crippen LogP) is 1.48. The number of halogens is 1. The van der Waals surface area contributed by atoms with E-state index in [4.69, 9.17) is 10.8 Å². The maximum absolute atomic E-state index is 13.2. The minimum Gasteiger partial charge on any atom is -0.399 e. The second-order valence-corrected chi connectivity index (χ2v) is 6.51. The van der Waals surface area contributed by atoms with Crippen LogP contribution in [0.2, 0.25) is 0 Å². The SMILES string of the molecule is CCCC(CCO)CNS(=O)(=O)c1cc(N)cc(F)c1. The van der Waals surface area contributed by atoms with Gasteiger partial charge in [0, 0.05) is 18.8 Å². The molecule has 0 aliphatic heterocycles. The first-order chi connectivity index (χ1) is 9.39. The molecule has 1 atom stereocenters. The van der Waals surface area contributed by atoms with Gasteiger partial charge in [0.1, 0.15) is 5.82 Å².